The van der Waals surface area contributed by atoms with Gasteiger partial charge in [0.25, 0.3) is 12.3 Å². The Hall–Kier alpha value is -1.76. The van der Waals surface area contributed by atoms with Crippen molar-refractivity contribution in [3.8, 4) is 0 Å². The fraction of sp³-hybridized carbons (Fsp3) is 0.455. The number of alkyl halides is 2. The summed E-state index contributed by atoms with van der Waals surface area (Å²) in [5.41, 5.74) is 0.405. The Morgan fingerprint density at radius 3 is 2.83 bits per heavy atom. The van der Waals surface area contributed by atoms with E-state index in [1.165, 1.54) is 6.20 Å². The first-order valence-electron chi connectivity index (χ1n) is 5.41. The lowest BCUT2D eigenvalue weighted by molar-refractivity contribution is 0.0188. The minimum Gasteiger partial charge on any atom is -0.374 e. The summed E-state index contributed by atoms with van der Waals surface area (Å²) in [7, 11) is 1.72. The number of amides is 1. The molecule has 1 aromatic rings. The van der Waals surface area contributed by atoms with Gasteiger partial charge in [-0.25, -0.2) is 13.8 Å². The molecule has 0 atom stereocenters. The van der Waals surface area contributed by atoms with Crippen molar-refractivity contribution in [3.05, 3.63) is 23.9 Å². The molecule has 7 heteroatoms. The van der Waals surface area contributed by atoms with E-state index in [9.17, 15) is 13.6 Å². The first-order chi connectivity index (χ1) is 8.63. The van der Waals surface area contributed by atoms with Crippen LogP contribution >= 0.6 is 0 Å². The molecular weight excluding hydrogens is 244 g/mol. The van der Waals surface area contributed by atoms with Crippen LogP contribution in [0.1, 0.15) is 10.4 Å². The minimum absolute atomic E-state index is 0.0537. The Morgan fingerprint density at radius 2 is 2.28 bits per heavy atom. The molecule has 0 unspecified atom stereocenters. The van der Waals surface area contributed by atoms with Gasteiger partial charge in [0.2, 0.25) is 0 Å². The van der Waals surface area contributed by atoms with Gasteiger partial charge in [-0.3, -0.25) is 4.79 Å². The van der Waals surface area contributed by atoms with Gasteiger partial charge in [-0.15, -0.1) is 0 Å². The molecule has 5 nitrogen and oxygen atoms in total. The van der Waals surface area contributed by atoms with E-state index in [2.05, 4.69) is 20.4 Å². The first-order valence-corrected chi connectivity index (χ1v) is 5.41. The van der Waals surface area contributed by atoms with Crippen molar-refractivity contribution in [3.63, 3.8) is 0 Å². The monoisotopic (exact) mass is 259 g/mol. The van der Waals surface area contributed by atoms with E-state index < -0.39 is 13.0 Å². The van der Waals surface area contributed by atoms with Crippen molar-refractivity contribution in [2.75, 3.05) is 32.1 Å². The second-order valence-electron chi connectivity index (χ2n) is 3.40. The topological polar surface area (TPSA) is 63.2 Å². The third-order valence-electron chi connectivity index (χ3n) is 2.06. The molecule has 0 aromatic carbocycles. The van der Waals surface area contributed by atoms with Crippen LogP contribution in [0.5, 0.6) is 0 Å². The predicted octanol–water partition coefficient (Wildman–Crippen LogP) is 1.13. The predicted molar refractivity (Wildman–Crippen MR) is 62.9 cm³/mol. The molecule has 1 rings (SSSR count). The molecule has 100 valence electrons. The highest BCUT2D eigenvalue weighted by molar-refractivity contribution is 5.94. The van der Waals surface area contributed by atoms with Crippen molar-refractivity contribution >= 4 is 11.7 Å². The maximum Gasteiger partial charge on any atom is 0.261 e. The van der Waals surface area contributed by atoms with Crippen LogP contribution in [0.4, 0.5) is 14.6 Å². The normalized spacial score (nSPS) is 10.4. The molecule has 1 amide bonds. The Labute approximate surface area is 104 Å². The van der Waals surface area contributed by atoms with Crippen LogP contribution in [0.3, 0.4) is 0 Å². The number of carbonyl (C=O) groups excluding carboxylic acids is 1. The summed E-state index contributed by atoms with van der Waals surface area (Å²) in [6.07, 6.45) is -1.06. The highest BCUT2D eigenvalue weighted by Crippen LogP contribution is 2.03. The zero-order valence-corrected chi connectivity index (χ0v) is 9.95. The molecule has 0 saturated heterocycles. The van der Waals surface area contributed by atoms with Crippen molar-refractivity contribution in [2.24, 2.45) is 0 Å². The van der Waals surface area contributed by atoms with Gasteiger partial charge in [0.15, 0.2) is 0 Å². The fourth-order valence-corrected chi connectivity index (χ4v) is 1.19. The molecule has 1 heterocycles. The van der Waals surface area contributed by atoms with Crippen LogP contribution in [0.15, 0.2) is 18.3 Å². The molecule has 0 spiro atoms. The maximum atomic E-state index is 11.7. The molecule has 18 heavy (non-hydrogen) atoms. The zero-order chi connectivity index (χ0) is 13.4. The van der Waals surface area contributed by atoms with Crippen molar-refractivity contribution in [1.29, 1.82) is 0 Å². The highest BCUT2D eigenvalue weighted by atomic mass is 19.3. The van der Waals surface area contributed by atoms with E-state index in [0.29, 0.717) is 11.4 Å². The number of anilines is 1. The lowest BCUT2D eigenvalue weighted by atomic mass is 10.2. The number of nitrogens with one attached hydrogen (secondary N) is 2. The van der Waals surface area contributed by atoms with E-state index in [1.54, 1.807) is 19.2 Å². The molecule has 0 aliphatic carbocycles. The van der Waals surface area contributed by atoms with Gasteiger partial charge >= 0.3 is 0 Å². The van der Waals surface area contributed by atoms with Crippen molar-refractivity contribution in [1.82, 2.24) is 10.3 Å². The Morgan fingerprint density at radius 1 is 1.50 bits per heavy atom. The summed E-state index contributed by atoms with van der Waals surface area (Å²) < 4.78 is 28.1. The van der Waals surface area contributed by atoms with Gasteiger partial charge in [-0.1, -0.05) is 0 Å². The molecular formula is C11H15F2N3O2. The minimum atomic E-state index is -2.49. The second-order valence-corrected chi connectivity index (χ2v) is 3.40. The quantitative estimate of drug-likeness (QED) is 0.721. The summed E-state index contributed by atoms with van der Waals surface area (Å²) in [5.74, 6) is 0.345. The van der Waals surface area contributed by atoms with Gasteiger partial charge in [-0.2, -0.15) is 0 Å². The maximum absolute atomic E-state index is 11.7. The van der Waals surface area contributed by atoms with E-state index in [1.807, 2.05) is 0 Å². The van der Waals surface area contributed by atoms with Gasteiger partial charge in [0.1, 0.15) is 12.4 Å². The van der Waals surface area contributed by atoms with Crippen LogP contribution in [-0.4, -0.2) is 44.1 Å². The number of rotatable bonds is 7. The molecule has 1 aromatic heterocycles. The Balaban J connectivity index is 2.27. The van der Waals surface area contributed by atoms with Gasteiger partial charge in [-0.05, 0) is 12.1 Å². The third kappa shape index (κ3) is 5.05. The van der Waals surface area contributed by atoms with Gasteiger partial charge in [0.05, 0.1) is 12.2 Å². The van der Waals surface area contributed by atoms with Crippen LogP contribution < -0.4 is 10.6 Å². The number of hydrogen-bond donors (Lipinski definition) is 2. The van der Waals surface area contributed by atoms with E-state index in [-0.39, 0.29) is 19.1 Å². The molecule has 2 N–H and O–H groups in total. The molecule has 0 radical (unpaired) electrons. The van der Waals surface area contributed by atoms with E-state index in [4.69, 9.17) is 0 Å². The number of nitrogens with zero attached hydrogens (tertiary/aromatic N) is 1. The van der Waals surface area contributed by atoms with Gasteiger partial charge < -0.3 is 15.4 Å². The average molecular weight is 259 g/mol. The van der Waals surface area contributed by atoms with Crippen molar-refractivity contribution < 1.29 is 18.3 Å². The Bertz CT molecular complexity index is 371. The number of aromatic nitrogens is 1. The number of halogens is 2. The first kappa shape index (κ1) is 14.3. The summed E-state index contributed by atoms with van der Waals surface area (Å²) >= 11 is 0. The lowest BCUT2D eigenvalue weighted by Gasteiger charge is -2.06. The standard InChI is InChI=1S/C11H15F2N3O2/c1-14-10-3-2-8(6-16-10)11(17)15-4-5-18-7-9(12)13/h2-3,6,9H,4-5,7H2,1H3,(H,14,16)(H,15,17). The van der Waals surface area contributed by atoms with Gasteiger partial charge in [0, 0.05) is 19.8 Å². The molecule has 0 aliphatic rings. The SMILES string of the molecule is CNc1ccc(C(=O)NCCOCC(F)F)cn1. The molecule has 0 saturated carbocycles. The smallest absolute Gasteiger partial charge is 0.261 e. The number of carbonyl (C=O) groups is 1. The molecule has 0 aliphatic heterocycles. The number of hydrogen-bond acceptors (Lipinski definition) is 4. The lowest BCUT2D eigenvalue weighted by Crippen LogP contribution is -2.27. The average Bonchev–Trinajstić information content (AvgIpc) is 2.38. The largest absolute Gasteiger partial charge is 0.374 e. The van der Waals surface area contributed by atoms with Crippen LogP contribution in [-0.2, 0) is 4.74 Å². The van der Waals surface area contributed by atoms with Crippen molar-refractivity contribution in [2.45, 2.75) is 6.43 Å². The third-order valence-corrected chi connectivity index (χ3v) is 2.06. The Kier molecular flexibility index (Phi) is 5.99. The van der Waals surface area contributed by atoms with Crippen LogP contribution in [0.25, 0.3) is 0 Å². The van der Waals surface area contributed by atoms with Crippen LogP contribution in [0, 0.1) is 0 Å². The highest BCUT2D eigenvalue weighted by Gasteiger charge is 2.06. The summed E-state index contributed by atoms with van der Waals surface area (Å²) in [6, 6.07) is 3.29. The zero-order valence-electron chi connectivity index (χ0n) is 9.95. The number of pyridine rings is 1. The molecule has 0 fully saturated rings. The number of ether oxygens (including phenoxy) is 1. The van der Waals surface area contributed by atoms with Crippen LogP contribution in [0.2, 0.25) is 0 Å². The summed E-state index contributed by atoms with van der Waals surface area (Å²) in [4.78, 5) is 15.5. The molecule has 0 bridgehead atoms. The summed E-state index contributed by atoms with van der Waals surface area (Å²) in [5, 5.41) is 5.37. The summed E-state index contributed by atoms with van der Waals surface area (Å²) in [6.45, 7) is -0.383. The second kappa shape index (κ2) is 7.54. The van der Waals surface area contributed by atoms with E-state index >= 15 is 0 Å². The van der Waals surface area contributed by atoms with E-state index in [0.717, 1.165) is 0 Å². The fourth-order valence-electron chi connectivity index (χ4n) is 1.19.